The second kappa shape index (κ2) is 7.07. The van der Waals surface area contributed by atoms with Gasteiger partial charge in [0.05, 0.1) is 13.2 Å². The predicted octanol–water partition coefficient (Wildman–Crippen LogP) is -0.345. The van der Waals surface area contributed by atoms with E-state index in [1.165, 1.54) is 25.7 Å². The maximum absolute atomic E-state index is 11.5. The molecule has 1 saturated carbocycles. The third-order valence-corrected chi connectivity index (χ3v) is 4.05. The summed E-state index contributed by atoms with van der Waals surface area (Å²) in [5.41, 5.74) is 0. The smallest absolute Gasteiger partial charge is 0.234 e. The molecule has 2 aliphatic rings. The highest BCUT2D eigenvalue weighted by molar-refractivity contribution is 5.77. The Bertz CT molecular complexity index is 259. The van der Waals surface area contributed by atoms with Gasteiger partial charge in [-0.1, -0.05) is 12.8 Å². The van der Waals surface area contributed by atoms with Crippen molar-refractivity contribution in [2.45, 2.75) is 31.7 Å². The van der Waals surface area contributed by atoms with E-state index < -0.39 is 0 Å². The number of aliphatic hydroxyl groups is 1. The van der Waals surface area contributed by atoms with Crippen molar-refractivity contribution in [3.05, 3.63) is 0 Å². The van der Waals surface area contributed by atoms with Gasteiger partial charge < -0.3 is 10.4 Å². The summed E-state index contributed by atoms with van der Waals surface area (Å²) in [6, 6.07) is 0.801. The highest BCUT2D eigenvalue weighted by Gasteiger charge is 2.26. The lowest BCUT2D eigenvalue weighted by atomic mass is 10.2. The number of amides is 1. The van der Waals surface area contributed by atoms with Crippen molar-refractivity contribution < 1.29 is 9.90 Å². The second-order valence-corrected chi connectivity index (χ2v) is 5.32. The molecule has 0 aromatic carbocycles. The Kier molecular flexibility index (Phi) is 5.41. The molecular weight excluding hydrogens is 230 g/mol. The molecule has 1 aliphatic heterocycles. The number of piperazine rings is 1. The molecule has 1 aliphatic carbocycles. The molecule has 0 aromatic heterocycles. The first-order chi connectivity index (χ1) is 8.79. The van der Waals surface area contributed by atoms with Crippen LogP contribution in [-0.4, -0.2) is 72.7 Å². The molecule has 1 saturated heterocycles. The predicted molar refractivity (Wildman–Crippen MR) is 70.4 cm³/mol. The van der Waals surface area contributed by atoms with Crippen molar-refractivity contribution in [3.63, 3.8) is 0 Å². The Morgan fingerprint density at radius 2 is 1.83 bits per heavy atom. The summed E-state index contributed by atoms with van der Waals surface area (Å²) in [5, 5.41) is 11.3. The van der Waals surface area contributed by atoms with Crippen LogP contribution in [0.25, 0.3) is 0 Å². The van der Waals surface area contributed by atoms with Crippen LogP contribution in [0.5, 0.6) is 0 Å². The van der Waals surface area contributed by atoms with Gasteiger partial charge in [0.25, 0.3) is 0 Å². The molecule has 2 rings (SSSR count). The van der Waals surface area contributed by atoms with E-state index in [0.29, 0.717) is 13.1 Å². The lowest BCUT2D eigenvalue weighted by Gasteiger charge is -2.37. The summed E-state index contributed by atoms with van der Waals surface area (Å²) in [4.78, 5) is 16.3. The molecular formula is C13H25N3O2. The van der Waals surface area contributed by atoms with Crippen molar-refractivity contribution in [1.82, 2.24) is 15.1 Å². The second-order valence-electron chi connectivity index (χ2n) is 5.32. The minimum Gasteiger partial charge on any atom is -0.395 e. The molecule has 104 valence electrons. The van der Waals surface area contributed by atoms with Crippen LogP contribution in [0.15, 0.2) is 0 Å². The van der Waals surface area contributed by atoms with Crippen molar-refractivity contribution in [1.29, 1.82) is 0 Å². The van der Waals surface area contributed by atoms with E-state index in [1.807, 2.05) is 0 Å². The van der Waals surface area contributed by atoms with Gasteiger partial charge in [0.15, 0.2) is 0 Å². The zero-order valence-corrected chi connectivity index (χ0v) is 11.1. The maximum Gasteiger partial charge on any atom is 0.234 e. The fourth-order valence-corrected chi connectivity index (χ4v) is 3.01. The van der Waals surface area contributed by atoms with Gasteiger partial charge in [-0.25, -0.2) is 0 Å². The van der Waals surface area contributed by atoms with E-state index in [4.69, 9.17) is 5.11 Å². The number of aliphatic hydroxyl groups excluding tert-OH is 1. The van der Waals surface area contributed by atoms with E-state index in [-0.39, 0.29) is 12.5 Å². The van der Waals surface area contributed by atoms with Gasteiger partial charge in [0, 0.05) is 38.8 Å². The lowest BCUT2D eigenvalue weighted by molar-refractivity contribution is -0.122. The van der Waals surface area contributed by atoms with Crippen LogP contribution in [0.4, 0.5) is 0 Å². The van der Waals surface area contributed by atoms with Crippen LogP contribution in [0.2, 0.25) is 0 Å². The number of nitrogens with one attached hydrogen (secondary N) is 1. The first-order valence-electron chi connectivity index (χ1n) is 7.13. The molecule has 0 spiro atoms. The molecule has 5 heteroatoms. The Morgan fingerprint density at radius 1 is 1.17 bits per heavy atom. The van der Waals surface area contributed by atoms with Crippen LogP contribution >= 0.6 is 0 Å². The molecule has 0 unspecified atom stereocenters. The standard InChI is InChI=1S/C13H25N3O2/c17-10-5-14-13(18)11-15-6-8-16(9-7-15)12-3-1-2-4-12/h12,17H,1-11H2,(H,14,18). The SMILES string of the molecule is O=C(CN1CCN(C2CCCC2)CC1)NCCO. The first kappa shape index (κ1) is 13.8. The van der Waals surface area contributed by atoms with Gasteiger partial charge in [-0.05, 0) is 12.8 Å². The van der Waals surface area contributed by atoms with Gasteiger partial charge in [0.2, 0.25) is 5.91 Å². The summed E-state index contributed by atoms with van der Waals surface area (Å²) in [6.45, 7) is 5.02. The fourth-order valence-electron chi connectivity index (χ4n) is 3.01. The van der Waals surface area contributed by atoms with Gasteiger partial charge in [-0.3, -0.25) is 14.6 Å². The first-order valence-corrected chi connectivity index (χ1v) is 7.13. The molecule has 0 atom stereocenters. The fraction of sp³-hybridized carbons (Fsp3) is 0.923. The Balaban J connectivity index is 1.65. The normalized spacial score (nSPS) is 23.4. The molecule has 0 radical (unpaired) electrons. The number of carbonyl (C=O) groups is 1. The molecule has 0 aromatic rings. The Hall–Kier alpha value is -0.650. The van der Waals surface area contributed by atoms with E-state index in [1.54, 1.807) is 0 Å². The molecule has 5 nitrogen and oxygen atoms in total. The van der Waals surface area contributed by atoms with Gasteiger partial charge in [0.1, 0.15) is 0 Å². The van der Waals surface area contributed by atoms with Crippen LogP contribution in [0.1, 0.15) is 25.7 Å². The Morgan fingerprint density at radius 3 is 2.44 bits per heavy atom. The topological polar surface area (TPSA) is 55.8 Å². The van der Waals surface area contributed by atoms with Crippen molar-refractivity contribution in [3.8, 4) is 0 Å². The van der Waals surface area contributed by atoms with E-state index in [2.05, 4.69) is 15.1 Å². The van der Waals surface area contributed by atoms with E-state index in [0.717, 1.165) is 32.2 Å². The quantitative estimate of drug-likeness (QED) is 0.705. The molecule has 2 N–H and O–H groups in total. The third kappa shape index (κ3) is 3.93. The largest absolute Gasteiger partial charge is 0.395 e. The summed E-state index contributed by atoms with van der Waals surface area (Å²) >= 11 is 0. The van der Waals surface area contributed by atoms with Gasteiger partial charge in [-0.2, -0.15) is 0 Å². The monoisotopic (exact) mass is 255 g/mol. The van der Waals surface area contributed by atoms with Crippen LogP contribution in [-0.2, 0) is 4.79 Å². The number of nitrogens with zero attached hydrogens (tertiary/aromatic N) is 2. The summed E-state index contributed by atoms with van der Waals surface area (Å²) < 4.78 is 0. The zero-order chi connectivity index (χ0) is 12.8. The summed E-state index contributed by atoms with van der Waals surface area (Å²) in [6.07, 6.45) is 5.48. The summed E-state index contributed by atoms with van der Waals surface area (Å²) in [7, 11) is 0. The highest BCUT2D eigenvalue weighted by atomic mass is 16.3. The van der Waals surface area contributed by atoms with Crippen molar-refractivity contribution >= 4 is 5.91 Å². The number of carbonyl (C=O) groups excluding carboxylic acids is 1. The molecule has 1 amide bonds. The van der Waals surface area contributed by atoms with Crippen LogP contribution in [0.3, 0.4) is 0 Å². The molecule has 2 fully saturated rings. The van der Waals surface area contributed by atoms with Gasteiger partial charge >= 0.3 is 0 Å². The number of hydrogen-bond acceptors (Lipinski definition) is 4. The summed E-state index contributed by atoms with van der Waals surface area (Å²) in [5.74, 6) is 0.0263. The van der Waals surface area contributed by atoms with Gasteiger partial charge in [-0.15, -0.1) is 0 Å². The van der Waals surface area contributed by atoms with Crippen molar-refractivity contribution in [2.75, 3.05) is 45.9 Å². The van der Waals surface area contributed by atoms with Crippen LogP contribution < -0.4 is 5.32 Å². The van der Waals surface area contributed by atoms with Crippen molar-refractivity contribution in [2.24, 2.45) is 0 Å². The average molecular weight is 255 g/mol. The van der Waals surface area contributed by atoms with E-state index in [9.17, 15) is 4.79 Å². The average Bonchev–Trinajstić information content (AvgIpc) is 2.91. The Labute approximate surface area is 109 Å². The maximum atomic E-state index is 11.5. The molecule has 18 heavy (non-hydrogen) atoms. The third-order valence-electron chi connectivity index (χ3n) is 4.05. The zero-order valence-electron chi connectivity index (χ0n) is 11.1. The molecule has 0 bridgehead atoms. The highest BCUT2D eigenvalue weighted by Crippen LogP contribution is 2.24. The number of rotatable bonds is 5. The minimum absolute atomic E-state index is 0.0151. The lowest BCUT2D eigenvalue weighted by Crippen LogP contribution is -2.51. The van der Waals surface area contributed by atoms with E-state index >= 15 is 0 Å². The molecule has 1 heterocycles. The number of hydrogen-bond donors (Lipinski definition) is 2. The van der Waals surface area contributed by atoms with Crippen LogP contribution in [0, 0.1) is 0 Å². The minimum atomic E-state index is 0.0151.